The van der Waals surface area contributed by atoms with Crippen LogP contribution in [-0.2, 0) is 16.8 Å². The molecule has 2 rings (SSSR count). The fourth-order valence-electron chi connectivity index (χ4n) is 3.85. The van der Waals surface area contributed by atoms with Crippen molar-refractivity contribution in [3.05, 3.63) is 34.4 Å². The molecule has 0 atom stereocenters. The highest BCUT2D eigenvalue weighted by molar-refractivity contribution is 5.48. The second kappa shape index (κ2) is 6.44. The molecule has 0 heterocycles. The summed E-state index contributed by atoms with van der Waals surface area (Å²) < 4.78 is 0. The Labute approximate surface area is 146 Å². The third kappa shape index (κ3) is 4.19. The summed E-state index contributed by atoms with van der Waals surface area (Å²) in [5.41, 5.74) is 0.434. The fourth-order valence-corrected chi connectivity index (χ4v) is 3.85. The van der Waals surface area contributed by atoms with Gasteiger partial charge in [-0.3, -0.25) is 0 Å². The topological polar surface area (TPSA) is 60.7 Å². The molecule has 0 bridgehead atoms. The highest BCUT2D eigenvalue weighted by Crippen LogP contribution is 2.44. The van der Waals surface area contributed by atoms with E-state index in [1.165, 1.54) is 19.3 Å². The van der Waals surface area contributed by atoms with Gasteiger partial charge in [0.25, 0.3) is 0 Å². The number of benzene rings is 1. The third-order valence-electron chi connectivity index (χ3n) is 5.22. The van der Waals surface area contributed by atoms with Crippen molar-refractivity contribution in [1.29, 1.82) is 0 Å². The lowest BCUT2D eigenvalue weighted by Gasteiger charge is -2.36. The molecule has 1 saturated carbocycles. The van der Waals surface area contributed by atoms with Gasteiger partial charge in [0.1, 0.15) is 0 Å². The number of hydrogen-bond donors (Lipinski definition) is 3. The van der Waals surface area contributed by atoms with Crippen LogP contribution in [0.2, 0.25) is 0 Å². The van der Waals surface area contributed by atoms with Crippen LogP contribution >= 0.6 is 0 Å². The molecular weight excluding hydrogens is 300 g/mol. The Hall–Kier alpha value is -0.900. The highest BCUT2D eigenvalue weighted by atomic mass is 16.3. The summed E-state index contributed by atoms with van der Waals surface area (Å²) in [5.74, 6) is 0.359. The van der Waals surface area contributed by atoms with Crippen LogP contribution in [0.25, 0.3) is 0 Å². The standard InChI is InChI=1S/C21H34O3/c1-19(2,22)15-12-16(20(3,4)23)18(14-10-8-7-9-11-14)17(13-15)21(5,6)24/h12-14,22-24H,7-11H2,1-6H3. The highest BCUT2D eigenvalue weighted by Gasteiger charge is 2.34. The monoisotopic (exact) mass is 334 g/mol. The number of aliphatic hydroxyl groups is 3. The van der Waals surface area contributed by atoms with Gasteiger partial charge in [-0.25, -0.2) is 0 Å². The maximum absolute atomic E-state index is 10.8. The van der Waals surface area contributed by atoms with Crippen LogP contribution in [0.1, 0.15) is 102 Å². The fraction of sp³-hybridized carbons (Fsp3) is 0.714. The lowest BCUT2D eigenvalue weighted by Crippen LogP contribution is -2.29. The molecule has 0 spiro atoms. The van der Waals surface area contributed by atoms with E-state index in [0.717, 1.165) is 35.1 Å². The first kappa shape index (κ1) is 19.4. The van der Waals surface area contributed by atoms with Crippen molar-refractivity contribution in [2.24, 2.45) is 0 Å². The van der Waals surface area contributed by atoms with Gasteiger partial charge >= 0.3 is 0 Å². The molecule has 1 aromatic rings. The Balaban J connectivity index is 2.77. The number of hydrogen-bond acceptors (Lipinski definition) is 3. The Morgan fingerprint density at radius 3 is 1.46 bits per heavy atom. The first-order valence-corrected chi connectivity index (χ1v) is 9.18. The first-order chi connectivity index (χ1) is 10.8. The second-order valence-electron chi connectivity index (χ2n) is 9.00. The van der Waals surface area contributed by atoms with Crippen molar-refractivity contribution < 1.29 is 15.3 Å². The van der Waals surface area contributed by atoms with E-state index in [9.17, 15) is 15.3 Å². The van der Waals surface area contributed by atoms with Crippen LogP contribution in [0.15, 0.2) is 12.1 Å². The Bertz CT molecular complexity index is 542. The Kier molecular flexibility index (Phi) is 5.21. The maximum atomic E-state index is 10.8. The lowest BCUT2D eigenvalue weighted by molar-refractivity contribution is 0.0626. The van der Waals surface area contributed by atoms with Crippen molar-refractivity contribution >= 4 is 0 Å². The summed E-state index contributed by atoms with van der Waals surface area (Å²) in [7, 11) is 0. The van der Waals surface area contributed by atoms with E-state index in [2.05, 4.69) is 0 Å². The molecule has 1 fully saturated rings. The zero-order valence-corrected chi connectivity index (χ0v) is 16.1. The molecule has 1 aliphatic rings. The molecule has 1 aromatic carbocycles. The molecule has 24 heavy (non-hydrogen) atoms. The molecule has 0 radical (unpaired) electrons. The van der Waals surface area contributed by atoms with Gasteiger partial charge in [-0.15, -0.1) is 0 Å². The predicted molar refractivity (Wildman–Crippen MR) is 98.0 cm³/mol. The minimum absolute atomic E-state index is 0.359. The van der Waals surface area contributed by atoms with E-state index in [4.69, 9.17) is 0 Å². The van der Waals surface area contributed by atoms with Gasteiger partial charge in [0.2, 0.25) is 0 Å². The summed E-state index contributed by atoms with van der Waals surface area (Å²) in [4.78, 5) is 0. The molecular formula is C21H34O3. The summed E-state index contributed by atoms with van der Waals surface area (Å²) >= 11 is 0. The first-order valence-electron chi connectivity index (χ1n) is 9.18. The van der Waals surface area contributed by atoms with E-state index < -0.39 is 16.8 Å². The van der Waals surface area contributed by atoms with Gasteiger partial charge < -0.3 is 15.3 Å². The van der Waals surface area contributed by atoms with Crippen LogP contribution in [0.3, 0.4) is 0 Å². The van der Waals surface area contributed by atoms with Crippen molar-refractivity contribution in [3.8, 4) is 0 Å². The molecule has 3 heteroatoms. The van der Waals surface area contributed by atoms with E-state index in [0.29, 0.717) is 5.92 Å². The molecule has 3 N–H and O–H groups in total. The average molecular weight is 334 g/mol. The van der Waals surface area contributed by atoms with Gasteiger partial charge in [-0.1, -0.05) is 19.3 Å². The van der Waals surface area contributed by atoms with Crippen LogP contribution in [0.5, 0.6) is 0 Å². The van der Waals surface area contributed by atoms with E-state index in [-0.39, 0.29) is 0 Å². The minimum atomic E-state index is -1.02. The van der Waals surface area contributed by atoms with Gasteiger partial charge in [-0.2, -0.15) is 0 Å². The molecule has 0 aromatic heterocycles. The van der Waals surface area contributed by atoms with E-state index in [1.807, 2.05) is 12.1 Å². The lowest BCUT2D eigenvalue weighted by atomic mass is 9.72. The third-order valence-corrected chi connectivity index (χ3v) is 5.22. The van der Waals surface area contributed by atoms with Gasteiger partial charge in [0, 0.05) is 0 Å². The largest absolute Gasteiger partial charge is 0.386 e. The summed E-state index contributed by atoms with van der Waals surface area (Å²) in [6.07, 6.45) is 5.82. The average Bonchev–Trinajstić information content (AvgIpc) is 2.44. The molecule has 0 saturated heterocycles. The maximum Gasteiger partial charge on any atom is 0.0843 e. The van der Waals surface area contributed by atoms with Gasteiger partial charge in [0.15, 0.2) is 0 Å². The Morgan fingerprint density at radius 1 is 0.708 bits per heavy atom. The number of rotatable bonds is 4. The quantitative estimate of drug-likeness (QED) is 0.764. The second-order valence-corrected chi connectivity index (χ2v) is 9.00. The molecule has 1 aliphatic carbocycles. The summed E-state index contributed by atoms with van der Waals surface area (Å²) in [6, 6.07) is 3.86. The van der Waals surface area contributed by atoms with Gasteiger partial charge in [-0.05, 0) is 94.7 Å². The molecule has 0 unspecified atom stereocenters. The predicted octanol–water partition coefficient (Wildman–Crippen LogP) is 4.42. The summed E-state index contributed by atoms with van der Waals surface area (Å²) in [6.45, 7) is 10.6. The van der Waals surface area contributed by atoms with Crippen molar-refractivity contribution in [3.63, 3.8) is 0 Å². The molecule has 136 valence electrons. The molecule has 3 nitrogen and oxygen atoms in total. The SMILES string of the molecule is CC(C)(O)c1cc(C(C)(C)O)c(C2CCCCC2)c(C(C)(C)O)c1. The van der Waals surface area contributed by atoms with Crippen LogP contribution in [0, 0.1) is 0 Å². The minimum Gasteiger partial charge on any atom is -0.386 e. The summed E-state index contributed by atoms with van der Waals surface area (Å²) in [5, 5.41) is 32.1. The zero-order valence-electron chi connectivity index (χ0n) is 16.1. The van der Waals surface area contributed by atoms with Crippen LogP contribution in [-0.4, -0.2) is 15.3 Å². The van der Waals surface area contributed by atoms with E-state index >= 15 is 0 Å². The molecule has 0 aliphatic heterocycles. The van der Waals surface area contributed by atoms with Crippen molar-refractivity contribution in [2.45, 2.75) is 96.4 Å². The van der Waals surface area contributed by atoms with Crippen LogP contribution in [0.4, 0.5) is 0 Å². The zero-order chi connectivity index (χ0) is 18.3. The van der Waals surface area contributed by atoms with Crippen molar-refractivity contribution in [2.75, 3.05) is 0 Å². The van der Waals surface area contributed by atoms with Gasteiger partial charge in [0.05, 0.1) is 16.8 Å². The normalized spacial score (nSPS) is 18.0. The molecule has 0 amide bonds. The van der Waals surface area contributed by atoms with Crippen LogP contribution < -0.4 is 0 Å². The Morgan fingerprint density at radius 2 is 1.12 bits per heavy atom. The van der Waals surface area contributed by atoms with Crippen molar-refractivity contribution in [1.82, 2.24) is 0 Å². The smallest absolute Gasteiger partial charge is 0.0843 e. The van der Waals surface area contributed by atoms with E-state index in [1.54, 1.807) is 41.5 Å².